The summed E-state index contributed by atoms with van der Waals surface area (Å²) in [6, 6.07) is 16.7. The van der Waals surface area contributed by atoms with E-state index in [4.69, 9.17) is 38.8 Å². The summed E-state index contributed by atoms with van der Waals surface area (Å²) >= 11 is 0. The maximum atomic E-state index is 13.3. The third-order valence-corrected chi connectivity index (χ3v) is 7.41. The molecule has 54 heavy (non-hydrogen) atoms. The average Bonchev–Trinajstić information content (AvgIpc) is 3.14. The third kappa shape index (κ3) is 10.8. The number of amides is 2. The van der Waals surface area contributed by atoms with Crippen LogP contribution in [0.25, 0.3) is 11.4 Å². The van der Waals surface area contributed by atoms with Gasteiger partial charge in [0.2, 0.25) is 17.9 Å². The predicted octanol–water partition coefficient (Wildman–Crippen LogP) is 2.66. The van der Waals surface area contributed by atoms with Gasteiger partial charge in [-0.25, -0.2) is 16.3 Å². The van der Waals surface area contributed by atoms with Crippen molar-refractivity contribution < 1.29 is 9.59 Å². The van der Waals surface area contributed by atoms with Gasteiger partial charge in [-0.2, -0.15) is 15.3 Å². The summed E-state index contributed by atoms with van der Waals surface area (Å²) in [5.41, 5.74) is 29.6. The lowest BCUT2D eigenvalue weighted by atomic mass is 10.0. The predicted molar refractivity (Wildman–Crippen MR) is 211 cm³/mol. The van der Waals surface area contributed by atoms with Gasteiger partial charge in [-0.3, -0.25) is 35.8 Å². The summed E-state index contributed by atoms with van der Waals surface area (Å²) in [6.07, 6.45) is 2.81. The average molecular weight is 730 g/mol. The van der Waals surface area contributed by atoms with Crippen LogP contribution in [0.15, 0.2) is 88.4 Å². The monoisotopic (exact) mass is 729 g/mol. The second kappa shape index (κ2) is 17.4. The number of carbonyl (C=O) groups is 2. The first kappa shape index (κ1) is 39.0. The van der Waals surface area contributed by atoms with Crippen LogP contribution in [-0.4, -0.2) is 62.5 Å². The van der Waals surface area contributed by atoms with Gasteiger partial charge in [-0.15, -0.1) is 0 Å². The molecule has 2 amide bonds. The number of benzene rings is 2. The van der Waals surface area contributed by atoms with Crippen LogP contribution in [0.5, 0.6) is 0 Å². The van der Waals surface area contributed by atoms with Crippen molar-refractivity contribution in [2.75, 3.05) is 10.6 Å². The smallest absolute Gasteiger partial charge is 0.257 e. The van der Waals surface area contributed by atoms with Crippen molar-refractivity contribution in [3.63, 3.8) is 0 Å². The molecule has 0 aliphatic heterocycles. The van der Waals surface area contributed by atoms with Crippen molar-refractivity contribution in [3.05, 3.63) is 106 Å². The highest BCUT2D eigenvalue weighted by atomic mass is 16.2. The number of hydrogen-bond donors (Lipinski definition) is 12. The number of hydrazone groups is 3. The van der Waals surface area contributed by atoms with Gasteiger partial charge >= 0.3 is 0 Å². The zero-order valence-electron chi connectivity index (χ0n) is 29.7. The molecule has 2 aromatic carbocycles. The van der Waals surface area contributed by atoms with E-state index in [9.17, 15) is 9.59 Å². The van der Waals surface area contributed by atoms with Crippen LogP contribution < -0.4 is 44.1 Å². The van der Waals surface area contributed by atoms with Gasteiger partial charge in [0.05, 0.1) is 39.6 Å². The summed E-state index contributed by atoms with van der Waals surface area (Å²) in [5.74, 6) is -1.90. The molecule has 19 heteroatoms. The van der Waals surface area contributed by atoms with Crippen LogP contribution in [0.2, 0.25) is 0 Å². The molecule has 2 aromatic heterocycles. The lowest BCUT2D eigenvalue weighted by Crippen LogP contribution is -2.27. The molecule has 4 aromatic rings. The number of aromatic nitrogens is 2. The van der Waals surface area contributed by atoms with E-state index in [0.29, 0.717) is 62.2 Å². The second-order valence-corrected chi connectivity index (χ2v) is 11.7. The van der Waals surface area contributed by atoms with Crippen LogP contribution >= 0.6 is 0 Å². The number of pyridine rings is 2. The quantitative estimate of drug-likeness (QED) is 0.0574. The maximum Gasteiger partial charge on any atom is 0.257 e. The maximum absolute atomic E-state index is 13.3. The van der Waals surface area contributed by atoms with Crippen molar-refractivity contribution in [2.24, 2.45) is 32.5 Å². The number of rotatable bonds is 12. The van der Waals surface area contributed by atoms with Crippen LogP contribution in [-0.2, 0) is 0 Å². The third-order valence-electron chi connectivity index (χ3n) is 7.41. The largest absolute Gasteiger partial charge is 0.369 e. The first-order valence-electron chi connectivity index (χ1n) is 15.9. The number of carbonyl (C=O) groups excluding carboxylic acids is 2. The fourth-order valence-corrected chi connectivity index (χ4v) is 4.63. The van der Waals surface area contributed by atoms with Crippen molar-refractivity contribution in [2.45, 2.75) is 27.7 Å². The van der Waals surface area contributed by atoms with E-state index in [1.165, 1.54) is 12.4 Å². The second-order valence-electron chi connectivity index (χ2n) is 11.7. The van der Waals surface area contributed by atoms with E-state index in [1.54, 1.807) is 88.4 Å². The van der Waals surface area contributed by atoms with Gasteiger partial charge in [-0.05, 0) is 93.9 Å². The minimum Gasteiger partial charge on any atom is -0.369 e. The molecule has 0 aliphatic rings. The van der Waals surface area contributed by atoms with E-state index in [2.05, 4.69) is 52.2 Å². The van der Waals surface area contributed by atoms with E-state index < -0.39 is 11.8 Å². The number of nitrogens with one attached hydrogen (secondary N) is 9. The van der Waals surface area contributed by atoms with Gasteiger partial charge in [0.1, 0.15) is 0 Å². The SMILES string of the molecule is CC(=N)c1cc(NC(=O)c2ccc(-c3ccc(C(=O)Nc4cc(/C(C)=N\NC(=N)N)cc(/C(C)=N\NC(=N)N)c4)cn3)nc2)cc(/C(C)=N/NC(=N)N)c1. The molecule has 0 saturated heterocycles. The summed E-state index contributed by atoms with van der Waals surface area (Å²) in [5, 5.41) is 48.0. The Balaban J connectivity index is 1.50. The van der Waals surface area contributed by atoms with Crippen molar-refractivity contribution in [1.29, 1.82) is 21.6 Å². The normalized spacial score (nSPS) is 11.6. The van der Waals surface area contributed by atoms with E-state index in [-0.39, 0.29) is 34.7 Å². The van der Waals surface area contributed by atoms with Crippen LogP contribution in [0.1, 0.15) is 70.7 Å². The Morgan fingerprint density at radius 2 is 0.852 bits per heavy atom. The highest BCUT2D eigenvalue weighted by Crippen LogP contribution is 2.21. The van der Waals surface area contributed by atoms with E-state index in [0.717, 1.165) is 0 Å². The summed E-state index contributed by atoms with van der Waals surface area (Å²) in [7, 11) is 0. The summed E-state index contributed by atoms with van der Waals surface area (Å²) < 4.78 is 0. The first-order valence-corrected chi connectivity index (χ1v) is 15.9. The van der Waals surface area contributed by atoms with Crippen LogP contribution in [0.3, 0.4) is 0 Å². The number of hydrogen-bond acceptors (Lipinski definition) is 11. The number of guanidine groups is 3. The molecule has 0 saturated carbocycles. The molecule has 2 heterocycles. The Bertz CT molecular complexity index is 2170. The molecule has 0 fully saturated rings. The molecule has 0 bridgehead atoms. The van der Waals surface area contributed by atoms with Crippen LogP contribution in [0, 0.1) is 21.6 Å². The Hall–Kier alpha value is -7.83. The lowest BCUT2D eigenvalue weighted by Gasteiger charge is -2.12. The van der Waals surface area contributed by atoms with Gasteiger partial charge in [0, 0.05) is 46.2 Å². The molecular weight excluding hydrogens is 691 g/mol. The Morgan fingerprint density at radius 1 is 0.519 bits per heavy atom. The number of anilines is 2. The highest BCUT2D eigenvalue weighted by molar-refractivity contribution is 6.10. The molecule has 0 radical (unpaired) electrons. The molecule has 4 rings (SSSR count). The van der Waals surface area contributed by atoms with Gasteiger partial charge in [-0.1, -0.05) is 0 Å². The van der Waals surface area contributed by atoms with Crippen LogP contribution in [0.4, 0.5) is 11.4 Å². The Morgan fingerprint density at radius 3 is 1.15 bits per heavy atom. The van der Waals surface area contributed by atoms with Crippen molar-refractivity contribution >= 4 is 63.9 Å². The standard InChI is InChI=1S/C35H39N17O2/c1-17(36)23-9-24(18(2)47-50-33(37)38)12-27(11-23)45-31(53)21-5-7-29(43-15-21)30-8-6-22(16-44-30)32(54)46-28-13-25(19(3)48-51-34(39)40)10-26(14-28)20(4)49-52-35(41)42/h5-16,36H,1-4H3,(H,45,53)(H,46,54)(H4,37,38,50)(H4,39,40,51)(H4,41,42,52)/b36-17?,47-18+,48-19-,49-20-. The summed E-state index contributed by atoms with van der Waals surface area (Å²) in [4.78, 5) is 35.2. The molecule has 0 spiro atoms. The summed E-state index contributed by atoms with van der Waals surface area (Å²) in [6.45, 7) is 6.72. The fraction of sp³-hybridized carbons (Fsp3) is 0.114. The van der Waals surface area contributed by atoms with Crippen molar-refractivity contribution in [1.82, 2.24) is 26.2 Å². The number of nitrogens with zero attached hydrogens (tertiary/aromatic N) is 5. The lowest BCUT2D eigenvalue weighted by molar-refractivity contribution is 0.101. The topological polar surface area (TPSA) is 331 Å². The fourth-order valence-electron chi connectivity index (χ4n) is 4.63. The van der Waals surface area contributed by atoms with Gasteiger partial charge in [0.15, 0.2) is 0 Å². The molecule has 0 atom stereocenters. The minimum atomic E-state index is -0.452. The zero-order valence-corrected chi connectivity index (χ0v) is 29.7. The number of nitrogens with two attached hydrogens (primary N) is 3. The molecule has 0 unspecified atom stereocenters. The highest BCUT2D eigenvalue weighted by Gasteiger charge is 2.14. The molecule has 19 nitrogen and oxygen atoms in total. The molecule has 276 valence electrons. The Labute approximate surface area is 309 Å². The molecule has 0 aliphatic carbocycles. The van der Waals surface area contributed by atoms with E-state index >= 15 is 0 Å². The van der Waals surface area contributed by atoms with E-state index in [1.807, 2.05) is 0 Å². The Kier molecular flexibility index (Phi) is 12.6. The molecule has 15 N–H and O–H groups in total. The van der Waals surface area contributed by atoms with Crippen molar-refractivity contribution in [3.8, 4) is 11.4 Å². The zero-order chi connectivity index (χ0) is 39.5. The van der Waals surface area contributed by atoms with Gasteiger partial charge in [0.25, 0.3) is 11.8 Å². The first-order chi connectivity index (χ1) is 25.6. The molecular formula is C35H39N17O2. The minimum absolute atomic E-state index is 0.257. The van der Waals surface area contributed by atoms with Gasteiger partial charge < -0.3 is 33.2 Å².